The Bertz CT molecular complexity index is 1430. The third kappa shape index (κ3) is 7.90. The summed E-state index contributed by atoms with van der Waals surface area (Å²) in [5.41, 5.74) is 3.48. The predicted molar refractivity (Wildman–Crippen MR) is 186 cm³/mol. The van der Waals surface area contributed by atoms with Crippen LogP contribution < -0.4 is 14.8 Å². The average Bonchev–Trinajstić information content (AvgIpc) is 3.39. The van der Waals surface area contributed by atoms with Gasteiger partial charge in [-0.15, -0.1) is 0 Å². The second-order valence-corrected chi connectivity index (χ2v) is 18.2. The van der Waals surface area contributed by atoms with Crippen LogP contribution in [0.5, 0.6) is 5.75 Å². The van der Waals surface area contributed by atoms with Crippen LogP contribution >= 0.6 is 0 Å². The predicted octanol–water partition coefficient (Wildman–Crippen LogP) is 5.95. The summed E-state index contributed by atoms with van der Waals surface area (Å²) < 4.78 is 12.3. The summed E-state index contributed by atoms with van der Waals surface area (Å²) in [4.78, 5) is 30.0. The van der Waals surface area contributed by atoms with Gasteiger partial charge in [-0.3, -0.25) is 9.59 Å². The molecule has 246 valence electrons. The van der Waals surface area contributed by atoms with Crippen LogP contribution in [0, 0.1) is 5.92 Å². The largest absolute Gasteiger partial charge is 0.497 e. The molecule has 5 rings (SSSR count). The van der Waals surface area contributed by atoms with Crippen LogP contribution in [0.4, 0.5) is 5.69 Å². The standard InChI is InChI=1S/C38H50N2O5Si/c1-28-34(22-15-29-13-16-31(17-14-29)40-23-9-8-12-36(40)42)45-35(38(28)46(3,4)33-20-18-32(44-2)19-21-33)26-37(43)39(24-25-41)27-30-10-6-5-7-11-30/h5-7,10-11,13-14,16-21,28,34-35,38,41H,8-9,12,15,22-27H2,1-4H3/t28-,34+,35-,38+/m0/s1. The SMILES string of the molecule is COc1ccc([Si](C)(C)[C@@H]2[C@@H](C)[C@@H](CCc3ccc(N4CCCCC4=O)cc3)O[C@H]2CC(=O)N(CCO)Cc2ccccc2)cc1. The number of aryl methyl sites for hydroxylation is 1. The highest BCUT2D eigenvalue weighted by atomic mass is 28.3. The number of carbonyl (C=O) groups is 2. The number of hydrogen-bond acceptors (Lipinski definition) is 5. The number of ether oxygens (including phenoxy) is 2. The Kier molecular flexibility index (Phi) is 11.4. The summed E-state index contributed by atoms with van der Waals surface area (Å²) in [6, 6.07) is 26.8. The van der Waals surface area contributed by atoms with E-state index in [1.807, 2.05) is 47.4 Å². The number of amides is 2. The Balaban J connectivity index is 1.33. The molecule has 2 fully saturated rings. The summed E-state index contributed by atoms with van der Waals surface area (Å²) >= 11 is 0. The van der Waals surface area contributed by atoms with Crippen molar-refractivity contribution >= 4 is 30.8 Å². The van der Waals surface area contributed by atoms with Gasteiger partial charge < -0.3 is 24.4 Å². The first kappa shape index (κ1) is 33.9. The average molecular weight is 643 g/mol. The monoisotopic (exact) mass is 642 g/mol. The van der Waals surface area contributed by atoms with Crippen LogP contribution in [0.1, 0.15) is 50.2 Å². The zero-order valence-electron chi connectivity index (χ0n) is 27.9. The third-order valence-corrected chi connectivity index (χ3v) is 14.6. The third-order valence-electron chi connectivity index (χ3n) is 10.2. The van der Waals surface area contributed by atoms with Gasteiger partial charge in [0.15, 0.2) is 0 Å². The van der Waals surface area contributed by atoms with E-state index < -0.39 is 8.07 Å². The molecule has 0 aromatic heterocycles. The second-order valence-electron chi connectivity index (χ2n) is 13.5. The van der Waals surface area contributed by atoms with Crippen molar-refractivity contribution in [3.8, 4) is 5.75 Å². The summed E-state index contributed by atoms with van der Waals surface area (Å²) in [7, 11) is -0.438. The molecule has 2 aliphatic heterocycles. The molecule has 0 spiro atoms. The number of aliphatic hydroxyl groups is 1. The Morgan fingerprint density at radius 1 is 0.978 bits per heavy atom. The van der Waals surface area contributed by atoms with Gasteiger partial charge in [-0.1, -0.05) is 79.8 Å². The second kappa shape index (κ2) is 15.4. The summed E-state index contributed by atoms with van der Waals surface area (Å²) in [6.07, 6.45) is 4.50. The maximum atomic E-state index is 13.9. The molecule has 2 saturated heterocycles. The zero-order valence-corrected chi connectivity index (χ0v) is 28.9. The Morgan fingerprint density at radius 2 is 1.70 bits per heavy atom. The van der Waals surface area contributed by atoms with Gasteiger partial charge in [-0.2, -0.15) is 0 Å². The minimum atomic E-state index is -2.12. The van der Waals surface area contributed by atoms with Crippen molar-refractivity contribution in [3.63, 3.8) is 0 Å². The van der Waals surface area contributed by atoms with Gasteiger partial charge in [0.05, 0.1) is 40.4 Å². The number of anilines is 1. The lowest BCUT2D eigenvalue weighted by atomic mass is 9.95. The number of hydrogen-bond donors (Lipinski definition) is 1. The van der Waals surface area contributed by atoms with E-state index >= 15 is 0 Å². The molecule has 0 aliphatic carbocycles. The molecule has 8 heteroatoms. The fourth-order valence-corrected chi connectivity index (χ4v) is 11.7. The van der Waals surface area contributed by atoms with Crippen LogP contribution in [-0.2, 0) is 27.3 Å². The van der Waals surface area contributed by atoms with Crippen molar-refractivity contribution in [3.05, 3.63) is 90.0 Å². The number of benzene rings is 3. The van der Waals surface area contributed by atoms with Crippen LogP contribution in [0.2, 0.25) is 18.6 Å². The molecule has 1 N–H and O–H groups in total. The highest BCUT2D eigenvalue weighted by Crippen LogP contribution is 2.46. The van der Waals surface area contributed by atoms with E-state index in [9.17, 15) is 14.7 Å². The molecule has 3 aromatic rings. The summed E-state index contributed by atoms with van der Waals surface area (Å²) in [5, 5.41) is 11.1. The Labute approximate surface area is 275 Å². The molecule has 0 saturated carbocycles. The van der Waals surface area contributed by atoms with Crippen LogP contribution in [-0.4, -0.2) is 68.9 Å². The van der Waals surface area contributed by atoms with Crippen LogP contribution in [0.3, 0.4) is 0 Å². The topological polar surface area (TPSA) is 79.3 Å². The van der Waals surface area contributed by atoms with Crippen molar-refractivity contribution in [1.82, 2.24) is 4.90 Å². The van der Waals surface area contributed by atoms with Crippen LogP contribution in [0.15, 0.2) is 78.9 Å². The fourth-order valence-electron chi connectivity index (χ4n) is 7.59. The molecule has 46 heavy (non-hydrogen) atoms. The lowest BCUT2D eigenvalue weighted by molar-refractivity contribution is -0.135. The molecule has 0 bridgehead atoms. The summed E-state index contributed by atoms with van der Waals surface area (Å²) in [6.45, 7) is 8.58. The van der Waals surface area contributed by atoms with Gasteiger partial charge >= 0.3 is 0 Å². The highest BCUT2D eigenvalue weighted by Gasteiger charge is 2.51. The summed E-state index contributed by atoms with van der Waals surface area (Å²) in [5.74, 6) is 1.34. The molecule has 0 radical (unpaired) electrons. The fraction of sp³-hybridized carbons (Fsp3) is 0.474. The van der Waals surface area contributed by atoms with Crippen LogP contribution in [0.25, 0.3) is 0 Å². The molecule has 4 atom stereocenters. The van der Waals surface area contributed by atoms with Crippen molar-refractivity contribution in [2.75, 3.05) is 31.7 Å². The van der Waals surface area contributed by atoms with E-state index in [0.29, 0.717) is 25.9 Å². The zero-order chi connectivity index (χ0) is 32.7. The van der Waals surface area contributed by atoms with E-state index in [-0.39, 0.29) is 42.1 Å². The maximum Gasteiger partial charge on any atom is 0.226 e. The molecule has 2 amide bonds. The van der Waals surface area contributed by atoms with Gasteiger partial charge in [-0.25, -0.2) is 0 Å². The number of carbonyl (C=O) groups excluding carboxylic acids is 2. The van der Waals surface area contributed by atoms with E-state index in [2.05, 4.69) is 56.4 Å². The first-order valence-corrected chi connectivity index (χ1v) is 19.9. The Hall–Kier alpha value is -3.46. The quantitative estimate of drug-likeness (QED) is 0.234. The molecule has 7 nitrogen and oxygen atoms in total. The van der Waals surface area contributed by atoms with E-state index in [4.69, 9.17) is 9.47 Å². The lowest BCUT2D eigenvalue weighted by Crippen LogP contribution is -2.51. The van der Waals surface area contributed by atoms with Gasteiger partial charge in [-0.05, 0) is 72.5 Å². The first-order valence-electron chi connectivity index (χ1n) is 16.8. The number of rotatable bonds is 13. The van der Waals surface area contributed by atoms with Crippen molar-refractivity contribution in [2.24, 2.45) is 5.92 Å². The van der Waals surface area contributed by atoms with E-state index in [0.717, 1.165) is 49.2 Å². The van der Waals surface area contributed by atoms with Crippen molar-refractivity contribution < 1.29 is 24.2 Å². The van der Waals surface area contributed by atoms with Gasteiger partial charge in [0, 0.05) is 31.7 Å². The van der Waals surface area contributed by atoms with Gasteiger partial charge in [0.1, 0.15) is 5.75 Å². The normalized spacial score (nSPS) is 21.8. The van der Waals surface area contributed by atoms with Gasteiger partial charge in [0.2, 0.25) is 11.8 Å². The molecule has 2 aliphatic rings. The lowest BCUT2D eigenvalue weighted by Gasteiger charge is -2.36. The minimum absolute atomic E-state index is 0.0168. The highest BCUT2D eigenvalue weighted by molar-refractivity contribution is 6.91. The number of nitrogens with zero attached hydrogens (tertiary/aromatic N) is 2. The molecule has 0 unspecified atom stereocenters. The molecule has 3 aromatic carbocycles. The van der Waals surface area contributed by atoms with E-state index in [1.165, 1.54) is 10.8 Å². The molecule has 2 heterocycles. The molecular weight excluding hydrogens is 593 g/mol. The number of aliphatic hydroxyl groups excluding tert-OH is 1. The Morgan fingerprint density at radius 3 is 2.35 bits per heavy atom. The van der Waals surface area contributed by atoms with Gasteiger partial charge in [0.25, 0.3) is 0 Å². The van der Waals surface area contributed by atoms with Crippen molar-refractivity contribution in [2.45, 2.75) is 82.8 Å². The minimum Gasteiger partial charge on any atom is -0.497 e. The number of methoxy groups -OCH3 is 1. The van der Waals surface area contributed by atoms with E-state index in [1.54, 1.807) is 12.0 Å². The first-order chi connectivity index (χ1) is 22.2. The molecular formula is C38H50N2O5Si. The smallest absolute Gasteiger partial charge is 0.226 e. The van der Waals surface area contributed by atoms with Crippen molar-refractivity contribution in [1.29, 1.82) is 0 Å². The maximum absolute atomic E-state index is 13.9. The number of piperidine rings is 1.